The van der Waals surface area contributed by atoms with Crippen LogP contribution in [0.3, 0.4) is 0 Å². The van der Waals surface area contributed by atoms with Crippen LogP contribution in [0.4, 0.5) is 15.8 Å². The van der Waals surface area contributed by atoms with Gasteiger partial charge in [0.15, 0.2) is 5.82 Å². The number of pyridine rings is 1. The fraction of sp³-hybridized carbons (Fsp3) is 0.400. The van der Waals surface area contributed by atoms with Crippen LogP contribution in [0.15, 0.2) is 24.4 Å². The Morgan fingerprint density at radius 1 is 1.57 bits per heavy atom. The Hall–Kier alpha value is -1.92. The number of hydrogen-bond acceptors (Lipinski definition) is 5. The summed E-state index contributed by atoms with van der Waals surface area (Å²) in [4.78, 5) is 6.20. The number of fused-ring (bicyclic) bond motifs is 1. The van der Waals surface area contributed by atoms with E-state index in [9.17, 15) is 9.50 Å². The van der Waals surface area contributed by atoms with Crippen molar-refractivity contribution in [1.82, 2.24) is 4.98 Å². The molecule has 0 bridgehead atoms. The molecule has 1 aromatic heterocycles. The lowest BCUT2D eigenvalue weighted by molar-refractivity contribution is -0.0104. The molecule has 0 radical (unpaired) electrons. The molecule has 6 heteroatoms. The first-order valence-corrected chi connectivity index (χ1v) is 6.93. The van der Waals surface area contributed by atoms with Crippen molar-refractivity contribution in [3.8, 4) is 0 Å². The average molecular weight is 291 g/mol. The second-order valence-corrected chi connectivity index (χ2v) is 5.34. The second-order valence-electron chi connectivity index (χ2n) is 5.34. The van der Waals surface area contributed by atoms with E-state index in [2.05, 4.69) is 4.98 Å². The third-order valence-electron chi connectivity index (χ3n) is 3.85. The summed E-state index contributed by atoms with van der Waals surface area (Å²) in [6.07, 6.45) is 1.30. The number of nitrogens with two attached hydrogens (primary N) is 1. The number of aliphatic hydroxyl groups excluding tert-OH is 1. The number of halogens is 1. The monoisotopic (exact) mass is 291 g/mol. The van der Waals surface area contributed by atoms with Crippen LogP contribution in [0.1, 0.15) is 6.92 Å². The second kappa shape index (κ2) is 5.46. The molecule has 5 nitrogen and oxygen atoms in total. The number of aliphatic hydroxyl groups is 1. The maximum absolute atomic E-state index is 14.5. The van der Waals surface area contributed by atoms with Gasteiger partial charge in [0.2, 0.25) is 0 Å². The quantitative estimate of drug-likeness (QED) is 0.821. The number of nitrogen functional groups attached to an aromatic ring is 1. The van der Waals surface area contributed by atoms with Gasteiger partial charge in [0, 0.05) is 29.9 Å². The van der Waals surface area contributed by atoms with Crippen molar-refractivity contribution < 1.29 is 14.2 Å². The van der Waals surface area contributed by atoms with Crippen molar-refractivity contribution in [1.29, 1.82) is 0 Å². The predicted octanol–water partition coefficient (Wildman–Crippen LogP) is 1.54. The maximum atomic E-state index is 14.5. The summed E-state index contributed by atoms with van der Waals surface area (Å²) in [5.74, 6) is -0.399. The first-order chi connectivity index (χ1) is 10.1. The minimum absolute atomic E-state index is 0.00358. The minimum atomic E-state index is -0.399. The zero-order valence-electron chi connectivity index (χ0n) is 11.8. The molecule has 1 fully saturated rings. The third-order valence-corrected chi connectivity index (χ3v) is 3.85. The fourth-order valence-electron chi connectivity index (χ4n) is 2.74. The van der Waals surface area contributed by atoms with Crippen LogP contribution in [-0.4, -0.2) is 42.0 Å². The zero-order chi connectivity index (χ0) is 15.0. The first-order valence-electron chi connectivity index (χ1n) is 6.93. The normalized spacial score (nSPS) is 22.7. The van der Waals surface area contributed by atoms with Gasteiger partial charge in [-0.2, -0.15) is 0 Å². The van der Waals surface area contributed by atoms with Crippen LogP contribution in [-0.2, 0) is 4.74 Å². The molecule has 0 saturated carbocycles. The molecule has 1 aromatic carbocycles. The highest BCUT2D eigenvalue weighted by Crippen LogP contribution is 2.34. The Labute approximate surface area is 122 Å². The van der Waals surface area contributed by atoms with Gasteiger partial charge in [0.25, 0.3) is 0 Å². The number of benzene rings is 1. The third kappa shape index (κ3) is 2.41. The molecule has 2 aromatic rings. The van der Waals surface area contributed by atoms with Gasteiger partial charge in [0.05, 0.1) is 24.8 Å². The summed E-state index contributed by atoms with van der Waals surface area (Å²) in [6, 6.07) is 4.93. The fourth-order valence-corrected chi connectivity index (χ4v) is 2.74. The van der Waals surface area contributed by atoms with Crippen molar-refractivity contribution in [2.75, 3.05) is 30.4 Å². The number of nitrogens with zero attached hydrogens (tertiary/aromatic N) is 2. The van der Waals surface area contributed by atoms with E-state index in [0.29, 0.717) is 30.0 Å². The molecule has 0 spiro atoms. The van der Waals surface area contributed by atoms with Gasteiger partial charge in [-0.15, -0.1) is 0 Å². The lowest BCUT2D eigenvalue weighted by Crippen LogP contribution is -2.50. The van der Waals surface area contributed by atoms with Gasteiger partial charge in [-0.3, -0.25) is 4.98 Å². The van der Waals surface area contributed by atoms with Crippen LogP contribution in [0.2, 0.25) is 0 Å². The van der Waals surface area contributed by atoms with Gasteiger partial charge in [0.1, 0.15) is 5.69 Å². The summed E-state index contributed by atoms with van der Waals surface area (Å²) in [5.41, 5.74) is 7.22. The Bertz CT molecular complexity index is 665. The van der Waals surface area contributed by atoms with E-state index in [0.717, 1.165) is 5.39 Å². The van der Waals surface area contributed by atoms with Crippen molar-refractivity contribution in [2.24, 2.45) is 0 Å². The van der Waals surface area contributed by atoms with E-state index in [4.69, 9.17) is 10.5 Å². The lowest BCUT2D eigenvalue weighted by Gasteiger charge is -2.39. The van der Waals surface area contributed by atoms with E-state index in [1.807, 2.05) is 17.9 Å². The van der Waals surface area contributed by atoms with Crippen LogP contribution >= 0.6 is 0 Å². The Morgan fingerprint density at radius 2 is 2.38 bits per heavy atom. The molecule has 2 unspecified atom stereocenters. The van der Waals surface area contributed by atoms with Crippen LogP contribution in [0.5, 0.6) is 0 Å². The summed E-state index contributed by atoms with van der Waals surface area (Å²) < 4.78 is 20.0. The largest absolute Gasteiger partial charge is 0.398 e. The van der Waals surface area contributed by atoms with Gasteiger partial charge in [-0.05, 0) is 25.1 Å². The highest BCUT2D eigenvalue weighted by molar-refractivity contribution is 5.99. The topological polar surface area (TPSA) is 71.6 Å². The summed E-state index contributed by atoms with van der Waals surface area (Å²) in [5, 5.41) is 10.0. The van der Waals surface area contributed by atoms with E-state index in [-0.39, 0.29) is 18.8 Å². The molecule has 1 aliphatic rings. The number of rotatable bonds is 2. The minimum Gasteiger partial charge on any atom is -0.398 e. The average Bonchev–Trinajstić information content (AvgIpc) is 2.49. The van der Waals surface area contributed by atoms with E-state index in [1.165, 1.54) is 6.07 Å². The molecule has 21 heavy (non-hydrogen) atoms. The Balaban J connectivity index is 2.15. The Morgan fingerprint density at radius 3 is 3.14 bits per heavy atom. The molecule has 2 heterocycles. The standard InChI is InChI=1S/C15H18FN3O2/c1-9-8-21-10(7-20)6-19(9)15-12(16)5-13(17)11-3-2-4-18-14(11)15/h2-5,9-10,20H,6-8,17H2,1H3. The highest BCUT2D eigenvalue weighted by atomic mass is 19.1. The molecule has 3 rings (SSSR count). The van der Waals surface area contributed by atoms with Gasteiger partial charge >= 0.3 is 0 Å². The number of ether oxygens (including phenoxy) is 1. The molecule has 3 N–H and O–H groups in total. The number of aromatic nitrogens is 1. The highest BCUT2D eigenvalue weighted by Gasteiger charge is 2.29. The van der Waals surface area contributed by atoms with Gasteiger partial charge in [-0.1, -0.05) is 0 Å². The van der Waals surface area contributed by atoms with Crippen LogP contribution in [0.25, 0.3) is 10.9 Å². The molecule has 0 amide bonds. The van der Waals surface area contributed by atoms with Crippen molar-refractivity contribution >= 4 is 22.3 Å². The van der Waals surface area contributed by atoms with E-state index >= 15 is 0 Å². The summed E-state index contributed by atoms with van der Waals surface area (Å²) >= 11 is 0. The van der Waals surface area contributed by atoms with Crippen molar-refractivity contribution in [3.63, 3.8) is 0 Å². The number of anilines is 2. The van der Waals surface area contributed by atoms with Gasteiger partial charge < -0.3 is 20.5 Å². The molecular weight excluding hydrogens is 273 g/mol. The van der Waals surface area contributed by atoms with Gasteiger partial charge in [-0.25, -0.2) is 4.39 Å². The lowest BCUT2D eigenvalue weighted by atomic mass is 10.1. The smallest absolute Gasteiger partial charge is 0.150 e. The molecule has 1 aliphatic heterocycles. The molecule has 1 saturated heterocycles. The molecule has 112 valence electrons. The number of hydrogen-bond donors (Lipinski definition) is 2. The summed E-state index contributed by atoms with van der Waals surface area (Å²) in [7, 11) is 0. The van der Waals surface area contributed by atoms with Crippen molar-refractivity contribution in [3.05, 3.63) is 30.2 Å². The van der Waals surface area contributed by atoms with E-state index < -0.39 is 5.82 Å². The molecular formula is C15H18FN3O2. The molecule has 2 atom stereocenters. The first kappa shape index (κ1) is 14.0. The number of morpholine rings is 1. The Kier molecular flexibility index (Phi) is 3.65. The van der Waals surface area contributed by atoms with E-state index in [1.54, 1.807) is 12.3 Å². The maximum Gasteiger partial charge on any atom is 0.150 e. The summed E-state index contributed by atoms with van der Waals surface area (Å²) in [6.45, 7) is 2.72. The van der Waals surface area contributed by atoms with Crippen molar-refractivity contribution in [2.45, 2.75) is 19.1 Å². The SMILES string of the molecule is CC1COC(CO)CN1c1c(F)cc(N)c2cccnc12. The zero-order valence-corrected chi connectivity index (χ0v) is 11.8. The van der Waals surface area contributed by atoms with Crippen LogP contribution in [0, 0.1) is 5.82 Å². The van der Waals surface area contributed by atoms with Crippen LogP contribution < -0.4 is 10.6 Å². The molecule has 0 aliphatic carbocycles. The predicted molar refractivity (Wildman–Crippen MR) is 79.7 cm³/mol.